The van der Waals surface area contributed by atoms with E-state index in [4.69, 9.17) is 9.84 Å². The standard InChI is InChI=1S/C12H8N2O5/c15-12(16)10-7-9(1-2-11(10)14(17)18)19-8-3-5-13-6-4-8/h1-7H,(H,15,16). The fraction of sp³-hybridized carbons (Fsp3) is 0. The van der Waals surface area contributed by atoms with Crippen molar-refractivity contribution in [1.82, 2.24) is 4.98 Å². The second-order valence-electron chi connectivity index (χ2n) is 3.53. The van der Waals surface area contributed by atoms with E-state index < -0.39 is 22.1 Å². The molecule has 0 radical (unpaired) electrons. The quantitative estimate of drug-likeness (QED) is 0.669. The minimum Gasteiger partial charge on any atom is -0.477 e. The molecule has 0 saturated heterocycles. The number of nitrogens with zero attached hydrogens (tertiary/aromatic N) is 2. The van der Waals surface area contributed by atoms with Crippen LogP contribution in [0.1, 0.15) is 10.4 Å². The number of nitro benzene ring substituents is 1. The SMILES string of the molecule is O=C(O)c1cc(Oc2ccncc2)ccc1[N+](=O)[O-]. The Hall–Kier alpha value is -2.96. The lowest BCUT2D eigenvalue weighted by atomic mass is 10.1. The Morgan fingerprint density at radius 3 is 2.47 bits per heavy atom. The molecule has 0 aliphatic carbocycles. The van der Waals surface area contributed by atoms with Crippen molar-refractivity contribution < 1.29 is 19.6 Å². The number of aromatic carboxylic acids is 1. The maximum atomic E-state index is 11.0. The highest BCUT2D eigenvalue weighted by Gasteiger charge is 2.20. The lowest BCUT2D eigenvalue weighted by molar-refractivity contribution is -0.385. The molecule has 0 amide bonds. The molecule has 0 spiro atoms. The summed E-state index contributed by atoms with van der Waals surface area (Å²) < 4.78 is 5.38. The monoisotopic (exact) mass is 260 g/mol. The Labute approximate surface area is 107 Å². The molecule has 1 heterocycles. The molecule has 7 heteroatoms. The van der Waals surface area contributed by atoms with Gasteiger partial charge < -0.3 is 9.84 Å². The zero-order valence-corrected chi connectivity index (χ0v) is 9.52. The second kappa shape index (κ2) is 5.13. The first-order chi connectivity index (χ1) is 9.08. The highest BCUT2D eigenvalue weighted by atomic mass is 16.6. The van der Waals surface area contributed by atoms with Crippen LogP contribution in [0.4, 0.5) is 5.69 Å². The van der Waals surface area contributed by atoms with Gasteiger partial charge in [0.1, 0.15) is 17.1 Å². The number of carbonyl (C=O) groups is 1. The molecule has 0 fully saturated rings. The van der Waals surface area contributed by atoms with Gasteiger partial charge in [-0.1, -0.05) is 0 Å². The predicted molar refractivity (Wildman–Crippen MR) is 64.4 cm³/mol. The number of aromatic nitrogens is 1. The van der Waals surface area contributed by atoms with Crippen molar-refractivity contribution in [3.8, 4) is 11.5 Å². The van der Waals surface area contributed by atoms with Gasteiger partial charge in [0.15, 0.2) is 0 Å². The van der Waals surface area contributed by atoms with Crippen LogP contribution in [0.5, 0.6) is 11.5 Å². The molecule has 1 aromatic heterocycles. The Morgan fingerprint density at radius 2 is 1.89 bits per heavy atom. The number of ether oxygens (including phenoxy) is 1. The van der Waals surface area contributed by atoms with E-state index in [-0.39, 0.29) is 5.75 Å². The smallest absolute Gasteiger partial charge is 0.342 e. The van der Waals surface area contributed by atoms with Crippen molar-refractivity contribution in [2.45, 2.75) is 0 Å². The van der Waals surface area contributed by atoms with Crippen LogP contribution in [0, 0.1) is 10.1 Å². The molecule has 19 heavy (non-hydrogen) atoms. The topological polar surface area (TPSA) is 103 Å². The highest BCUT2D eigenvalue weighted by Crippen LogP contribution is 2.27. The Kier molecular flexibility index (Phi) is 3.37. The van der Waals surface area contributed by atoms with E-state index >= 15 is 0 Å². The lowest BCUT2D eigenvalue weighted by Crippen LogP contribution is -2.02. The van der Waals surface area contributed by atoms with Crippen molar-refractivity contribution >= 4 is 11.7 Å². The van der Waals surface area contributed by atoms with Crippen molar-refractivity contribution in [1.29, 1.82) is 0 Å². The molecule has 96 valence electrons. The van der Waals surface area contributed by atoms with Crippen molar-refractivity contribution in [3.05, 3.63) is 58.4 Å². The summed E-state index contributed by atoms with van der Waals surface area (Å²) in [4.78, 5) is 24.7. The van der Waals surface area contributed by atoms with Gasteiger partial charge >= 0.3 is 5.97 Å². The molecule has 1 aromatic carbocycles. The summed E-state index contributed by atoms with van der Waals surface area (Å²) in [6.45, 7) is 0. The van der Waals surface area contributed by atoms with Crippen LogP contribution in [0.25, 0.3) is 0 Å². The van der Waals surface area contributed by atoms with E-state index in [0.717, 1.165) is 12.1 Å². The zero-order valence-electron chi connectivity index (χ0n) is 9.52. The molecule has 0 saturated carbocycles. The Bertz CT molecular complexity index is 627. The normalized spacial score (nSPS) is 9.89. The Morgan fingerprint density at radius 1 is 1.21 bits per heavy atom. The minimum atomic E-state index is -1.38. The molecule has 2 rings (SSSR count). The summed E-state index contributed by atoms with van der Waals surface area (Å²) in [6, 6.07) is 6.72. The lowest BCUT2D eigenvalue weighted by Gasteiger charge is -2.06. The molecule has 0 bridgehead atoms. The number of carboxylic acids is 1. The predicted octanol–water partition coefficient (Wildman–Crippen LogP) is 2.48. The van der Waals surface area contributed by atoms with Crippen LogP contribution in [0.3, 0.4) is 0 Å². The average Bonchev–Trinajstić information content (AvgIpc) is 2.39. The third kappa shape index (κ3) is 2.83. The number of carboxylic acid groups (broad SMARTS) is 1. The third-order valence-electron chi connectivity index (χ3n) is 2.28. The number of hydrogen-bond donors (Lipinski definition) is 1. The largest absolute Gasteiger partial charge is 0.477 e. The second-order valence-corrected chi connectivity index (χ2v) is 3.53. The van der Waals surface area contributed by atoms with Crippen LogP contribution in [-0.4, -0.2) is 21.0 Å². The van der Waals surface area contributed by atoms with E-state index in [2.05, 4.69) is 4.98 Å². The van der Waals surface area contributed by atoms with E-state index in [1.165, 1.54) is 18.5 Å². The molecule has 7 nitrogen and oxygen atoms in total. The molecule has 1 N–H and O–H groups in total. The van der Waals surface area contributed by atoms with Crippen molar-refractivity contribution in [3.63, 3.8) is 0 Å². The summed E-state index contributed by atoms with van der Waals surface area (Å²) >= 11 is 0. The maximum absolute atomic E-state index is 11.0. The molecule has 0 atom stereocenters. The molecule has 0 aliphatic rings. The van der Waals surface area contributed by atoms with E-state index in [1.807, 2.05) is 0 Å². The Balaban J connectivity index is 2.36. The van der Waals surface area contributed by atoms with Crippen LogP contribution in [-0.2, 0) is 0 Å². The van der Waals surface area contributed by atoms with Crippen LogP contribution in [0.15, 0.2) is 42.7 Å². The maximum Gasteiger partial charge on any atom is 0.342 e. The fourth-order valence-electron chi connectivity index (χ4n) is 1.45. The fourth-order valence-corrected chi connectivity index (χ4v) is 1.45. The highest BCUT2D eigenvalue weighted by molar-refractivity contribution is 5.92. The minimum absolute atomic E-state index is 0.203. The first kappa shape index (κ1) is 12.5. The van der Waals surface area contributed by atoms with Gasteiger partial charge in [-0.05, 0) is 18.2 Å². The van der Waals surface area contributed by atoms with E-state index in [1.54, 1.807) is 12.1 Å². The first-order valence-electron chi connectivity index (χ1n) is 5.17. The number of nitro groups is 1. The van der Waals surface area contributed by atoms with Gasteiger partial charge in [0.2, 0.25) is 0 Å². The van der Waals surface area contributed by atoms with E-state index in [0.29, 0.717) is 5.75 Å². The molecule has 0 aliphatic heterocycles. The summed E-state index contributed by atoms with van der Waals surface area (Å²) in [5, 5.41) is 19.6. The third-order valence-corrected chi connectivity index (χ3v) is 2.28. The number of benzene rings is 1. The molecule has 2 aromatic rings. The summed E-state index contributed by atoms with van der Waals surface area (Å²) in [6.07, 6.45) is 3.03. The molecular formula is C12H8N2O5. The van der Waals surface area contributed by atoms with E-state index in [9.17, 15) is 14.9 Å². The van der Waals surface area contributed by atoms with Crippen LogP contribution >= 0.6 is 0 Å². The van der Waals surface area contributed by atoms with Gasteiger partial charge in [0.05, 0.1) is 4.92 Å². The number of rotatable bonds is 4. The van der Waals surface area contributed by atoms with Gasteiger partial charge in [0, 0.05) is 24.5 Å². The van der Waals surface area contributed by atoms with Crippen molar-refractivity contribution in [2.75, 3.05) is 0 Å². The first-order valence-corrected chi connectivity index (χ1v) is 5.17. The summed E-state index contributed by atoms with van der Waals surface area (Å²) in [5.41, 5.74) is -0.897. The van der Waals surface area contributed by atoms with Gasteiger partial charge in [0.25, 0.3) is 5.69 Å². The number of pyridine rings is 1. The average molecular weight is 260 g/mol. The van der Waals surface area contributed by atoms with Gasteiger partial charge in [-0.25, -0.2) is 4.79 Å². The van der Waals surface area contributed by atoms with Crippen LogP contribution < -0.4 is 4.74 Å². The number of hydrogen-bond acceptors (Lipinski definition) is 5. The molecule has 0 unspecified atom stereocenters. The van der Waals surface area contributed by atoms with Gasteiger partial charge in [-0.2, -0.15) is 0 Å². The molecular weight excluding hydrogens is 252 g/mol. The van der Waals surface area contributed by atoms with Gasteiger partial charge in [-0.3, -0.25) is 15.1 Å². The van der Waals surface area contributed by atoms with Crippen molar-refractivity contribution in [2.24, 2.45) is 0 Å². The summed E-state index contributed by atoms with van der Waals surface area (Å²) in [5.74, 6) is -0.721. The zero-order chi connectivity index (χ0) is 13.8. The summed E-state index contributed by atoms with van der Waals surface area (Å²) in [7, 11) is 0. The van der Waals surface area contributed by atoms with Crippen LogP contribution in [0.2, 0.25) is 0 Å². The van der Waals surface area contributed by atoms with Gasteiger partial charge in [-0.15, -0.1) is 0 Å².